The molecule has 0 spiro atoms. The molecule has 0 saturated carbocycles. The molecule has 1 aromatic heterocycles. The molecule has 0 aliphatic rings. The predicted octanol–water partition coefficient (Wildman–Crippen LogP) is 3.73. The lowest BCUT2D eigenvalue weighted by molar-refractivity contribution is -0.122. The van der Waals surface area contributed by atoms with Gasteiger partial charge in [-0.15, -0.1) is 0 Å². The number of rotatable bonds is 7. The van der Waals surface area contributed by atoms with Crippen molar-refractivity contribution in [2.75, 3.05) is 7.11 Å². The van der Waals surface area contributed by atoms with Crippen LogP contribution >= 0.6 is 12.2 Å². The maximum atomic E-state index is 12.7. The molecule has 0 saturated heterocycles. The van der Waals surface area contributed by atoms with Gasteiger partial charge in [0.1, 0.15) is 5.75 Å². The molecule has 146 valence electrons. The van der Waals surface area contributed by atoms with Crippen molar-refractivity contribution in [3.05, 3.63) is 69.2 Å². The molecule has 6 nitrogen and oxygen atoms in total. The zero-order valence-electron chi connectivity index (χ0n) is 15.9. The molecule has 1 heterocycles. The molecule has 2 N–H and O–H groups in total. The van der Waals surface area contributed by atoms with Crippen LogP contribution in [0.25, 0.3) is 10.9 Å². The van der Waals surface area contributed by atoms with E-state index in [0.29, 0.717) is 15.7 Å². The van der Waals surface area contributed by atoms with E-state index in [1.807, 2.05) is 43.3 Å². The zero-order chi connectivity index (χ0) is 20.1. The SMILES string of the molecule is CCC(NC(=O)CCn1c(=S)[nH]c2ccccc2c1=O)c1ccc(OC)cc1. The molecule has 0 radical (unpaired) electrons. The highest BCUT2D eigenvalue weighted by atomic mass is 32.1. The quantitative estimate of drug-likeness (QED) is 0.596. The summed E-state index contributed by atoms with van der Waals surface area (Å²) in [4.78, 5) is 28.2. The molecule has 1 amide bonds. The molecular formula is C21H23N3O3S. The number of fused-ring (bicyclic) bond motifs is 1. The summed E-state index contributed by atoms with van der Waals surface area (Å²) in [6.45, 7) is 2.24. The van der Waals surface area contributed by atoms with E-state index in [2.05, 4.69) is 10.3 Å². The number of H-pyrrole nitrogens is 1. The standard InChI is InChI=1S/C21H23N3O3S/c1-3-17(14-8-10-15(27-2)11-9-14)22-19(25)12-13-24-20(26)16-6-4-5-7-18(16)23-21(24)28/h4-11,17H,3,12-13H2,1-2H3,(H,22,25)(H,23,28). The van der Waals surface area contributed by atoms with Gasteiger partial charge >= 0.3 is 0 Å². The van der Waals surface area contributed by atoms with E-state index in [9.17, 15) is 9.59 Å². The molecule has 1 unspecified atom stereocenters. The minimum absolute atomic E-state index is 0.0961. The van der Waals surface area contributed by atoms with E-state index in [0.717, 1.165) is 17.7 Å². The summed E-state index contributed by atoms with van der Waals surface area (Å²) in [5.41, 5.74) is 1.52. The molecule has 7 heteroatoms. The van der Waals surface area contributed by atoms with Crippen LogP contribution in [0.15, 0.2) is 53.3 Å². The van der Waals surface area contributed by atoms with Crippen molar-refractivity contribution in [1.29, 1.82) is 0 Å². The summed E-state index contributed by atoms with van der Waals surface area (Å²) in [7, 11) is 1.62. The number of amides is 1. The number of benzene rings is 2. The van der Waals surface area contributed by atoms with Crippen LogP contribution in [0.1, 0.15) is 31.4 Å². The molecule has 2 aromatic carbocycles. The number of nitrogens with one attached hydrogen (secondary N) is 2. The highest BCUT2D eigenvalue weighted by Gasteiger charge is 2.14. The lowest BCUT2D eigenvalue weighted by atomic mass is 10.0. The molecule has 0 bridgehead atoms. The summed E-state index contributed by atoms with van der Waals surface area (Å²) < 4.78 is 6.93. The highest BCUT2D eigenvalue weighted by molar-refractivity contribution is 7.71. The highest BCUT2D eigenvalue weighted by Crippen LogP contribution is 2.20. The number of aromatic amines is 1. The summed E-state index contributed by atoms with van der Waals surface area (Å²) in [6.07, 6.45) is 0.927. The third-order valence-electron chi connectivity index (χ3n) is 4.71. The number of methoxy groups -OCH3 is 1. The Bertz CT molecular complexity index is 1090. The fourth-order valence-corrected chi connectivity index (χ4v) is 3.42. The van der Waals surface area contributed by atoms with Gasteiger partial charge in [0.15, 0.2) is 4.77 Å². The smallest absolute Gasteiger partial charge is 0.262 e. The monoisotopic (exact) mass is 397 g/mol. The van der Waals surface area contributed by atoms with Gasteiger partial charge in [-0.3, -0.25) is 14.2 Å². The first-order valence-electron chi connectivity index (χ1n) is 9.18. The molecular weight excluding hydrogens is 374 g/mol. The number of carbonyl (C=O) groups is 1. The predicted molar refractivity (Wildman–Crippen MR) is 112 cm³/mol. The normalized spacial score (nSPS) is 11.9. The number of hydrogen-bond acceptors (Lipinski definition) is 4. The average molecular weight is 398 g/mol. The van der Waals surface area contributed by atoms with Crippen LogP contribution in [-0.2, 0) is 11.3 Å². The lowest BCUT2D eigenvalue weighted by Crippen LogP contribution is -2.31. The summed E-state index contributed by atoms with van der Waals surface area (Å²) >= 11 is 5.29. The van der Waals surface area contributed by atoms with Gasteiger partial charge in [-0.1, -0.05) is 31.2 Å². The minimum atomic E-state index is -0.186. The Balaban J connectivity index is 1.70. The van der Waals surface area contributed by atoms with Gasteiger partial charge in [0.2, 0.25) is 5.91 Å². The largest absolute Gasteiger partial charge is 0.497 e. The third kappa shape index (κ3) is 4.31. The van der Waals surface area contributed by atoms with Crippen molar-refractivity contribution in [3.63, 3.8) is 0 Å². The van der Waals surface area contributed by atoms with E-state index < -0.39 is 0 Å². The van der Waals surface area contributed by atoms with Crippen molar-refractivity contribution >= 4 is 29.0 Å². The average Bonchev–Trinajstić information content (AvgIpc) is 2.72. The number of hydrogen-bond donors (Lipinski definition) is 2. The number of para-hydroxylation sites is 1. The van der Waals surface area contributed by atoms with E-state index in [1.54, 1.807) is 19.2 Å². The summed E-state index contributed by atoms with van der Waals surface area (Å²) in [5, 5.41) is 3.58. The van der Waals surface area contributed by atoms with E-state index in [4.69, 9.17) is 17.0 Å². The van der Waals surface area contributed by atoms with Crippen LogP contribution in [0.3, 0.4) is 0 Å². The number of aromatic nitrogens is 2. The number of nitrogens with zero attached hydrogens (tertiary/aromatic N) is 1. The van der Waals surface area contributed by atoms with Crippen LogP contribution in [-0.4, -0.2) is 22.6 Å². The van der Waals surface area contributed by atoms with Crippen molar-refractivity contribution in [2.45, 2.75) is 32.4 Å². The molecule has 28 heavy (non-hydrogen) atoms. The van der Waals surface area contributed by atoms with Crippen LogP contribution in [0, 0.1) is 4.77 Å². The molecule has 0 aliphatic heterocycles. The first-order chi connectivity index (χ1) is 13.5. The Labute approximate surface area is 168 Å². The Morgan fingerprint density at radius 3 is 2.61 bits per heavy atom. The topological polar surface area (TPSA) is 76.1 Å². The first-order valence-corrected chi connectivity index (χ1v) is 9.59. The van der Waals surface area contributed by atoms with Crippen molar-refractivity contribution < 1.29 is 9.53 Å². The van der Waals surface area contributed by atoms with E-state index in [-0.39, 0.29) is 30.5 Å². The van der Waals surface area contributed by atoms with Gasteiger partial charge in [0, 0.05) is 13.0 Å². The molecule has 3 aromatic rings. The number of ether oxygens (including phenoxy) is 1. The molecule has 1 atom stereocenters. The maximum Gasteiger partial charge on any atom is 0.262 e. The van der Waals surface area contributed by atoms with Crippen molar-refractivity contribution in [3.8, 4) is 5.75 Å². The van der Waals surface area contributed by atoms with Crippen LogP contribution in [0.5, 0.6) is 5.75 Å². The van der Waals surface area contributed by atoms with Gasteiger partial charge in [0.25, 0.3) is 5.56 Å². The fourth-order valence-electron chi connectivity index (χ4n) is 3.14. The second-order valence-electron chi connectivity index (χ2n) is 6.48. The van der Waals surface area contributed by atoms with Crippen molar-refractivity contribution in [2.24, 2.45) is 0 Å². The minimum Gasteiger partial charge on any atom is -0.497 e. The second kappa shape index (κ2) is 8.84. The Kier molecular flexibility index (Phi) is 6.26. The van der Waals surface area contributed by atoms with Gasteiger partial charge in [0.05, 0.1) is 24.1 Å². The summed E-state index contributed by atoms with van der Waals surface area (Å²) in [5.74, 6) is 0.645. The Hall–Kier alpha value is -2.93. The van der Waals surface area contributed by atoms with Gasteiger partial charge in [-0.25, -0.2) is 0 Å². The van der Waals surface area contributed by atoms with Crippen molar-refractivity contribution in [1.82, 2.24) is 14.9 Å². The van der Waals surface area contributed by atoms with E-state index in [1.165, 1.54) is 4.57 Å². The van der Waals surface area contributed by atoms with Gasteiger partial charge in [-0.2, -0.15) is 0 Å². The summed E-state index contributed by atoms with van der Waals surface area (Å²) in [6, 6.07) is 14.7. The van der Waals surface area contributed by atoms with Crippen LogP contribution < -0.4 is 15.6 Å². The molecule has 0 fully saturated rings. The maximum absolute atomic E-state index is 12.7. The van der Waals surface area contributed by atoms with Crippen LogP contribution in [0.2, 0.25) is 0 Å². The zero-order valence-corrected chi connectivity index (χ0v) is 16.7. The third-order valence-corrected chi connectivity index (χ3v) is 5.04. The molecule has 0 aliphatic carbocycles. The van der Waals surface area contributed by atoms with Crippen LogP contribution in [0.4, 0.5) is 0 Å². The van der Waals surface area contributed by atoms with E-state index >= 15 is 0 Å². The van der Waals surface area contributed by atoms with Gasteiger partial charge in [-0.05, 0) is 48.5 Å². The lowest BCUT2D eigenvalue weighted by Gasteiger charge is -2.18. The van der Waals surface area contributed by atoms with Gasteiger partial charge < -0.3 is 15.0 Å². The first kappa shape index (κ1) is 19.8. The fraction of sp³-hybridized carbons (Fsp3) is 0.286. The number of carbonyl (C=O) groups excluding carboxylic acids is 1. The Morgan fingerprint density at radius 1 is 1.21 bits per heavy atom. The Morgan fingerprint density at radius 2 is 1.93 bits per heavy atom. The molecule has 3 rings (SSSR count). The second-order valence-corrected chi connectivity index (χ2v) is 6.87.